The van der Waals surface area contributed by atoms with Crippen molar-refractivity contribution in [2.75, 3.05) is 7.05 Å². The first-order valence-electron chi connectivity index (χ1n) is 6.46. The Labute approximate surface area is 109 Å². The van der Waals surface area contributed by atoms with Gasteiger partial charge in [-0.25, -0.2) is 0 Å². The highest BCUT2D eigenvalue weighted by Gasteiger charge is 2.20. The lowest BCUT2D eigenvalue weighted by Gasteiger charge is -2.22. The molecule has 1 rings (SSSR count). The smallest absolute Gasteiger partial charge is 0.0803 e. The molecule has 0 aliphatic heterocycles. The molecule has 1 unspecified atom stereocenters. The second-order valence-corrected chi connectivity index (χ2v) is 6.56. The van der Waals surface area contributed by atoms with Crippen LogP contribution in [0.15, 0.2) is 0 Å². The maximum Gasteiger partial charge on any atom is 0.0803 e. The van der Waals surface area contributed by atoms with E-state index in [9.17, 15) is 0 Å². The van der Waals surface area contributed by atoms with E-state index in [2.05, 4.69) is 42.6 Å². The van der Waals surface area contributed by atoms with Gasteiger partial charge in [-0.2, -0.15) is 0 Å². The van der Waals surface area contributed by atoms with E-state index in [-0.39, 0.29) is 0 Å². The van der Waals surface area contributed by atoms with Gasteiger partial charge in [0.1, 0.15) is 0 Å². The van der Waals surface area contributed by atoms with Crippen molar-refractivity contribution in [2.24, 2.45) is 5.41 Å². The van der Waals surface area contributed by atoms with Crippen LogP contribution in [-0.2, 0) is 6.42 Å². The third-order valence-corrected chi connectivity index (χ3v) is 3.80. The first-order chi connectivity index (χ1) is 7.98. The molecule has 0 spiro atoms. The largest absolute Gasteiger partial charge is 0.312 e. The van der Waals surface area contributed by atoms with Crippen LogP contribution in [0.2, 0.25) is 0 Å². The monoisotopic (exact) mass is 255 g/mol. The zero-order valence-electron chi connectivity index (χ0n) is 11.7. The van der Waals surface area contributed by atoms with E-state index in [1.807, 2.05) is 7.05 Å². The molecule has 0 saturated carbocycles. The topological polar surface area (TPSA) is 37.8 Å². The van der Waals surface area contributed by atoms with Gasteiger partial charge >= 0.3 is 0 Å². The summed E-state index contributed by atoms with van der Waals surface area (Å²) in [4.78, 5) is 1.33. The van der Waals surface area contributed by atoms with Crippen molar-refractivity contribution < 1.29 is 0 Å². The van der Waals surface area contributed by atoms with Gasteiger partial charge in [0, 0.05) is 6.04 Å². The summed E-state index contributed by atoms with van der Waals surface area (Å²) < 4.78 is 4.11. The molecule has 3 nitrogen and oxygen atoms in total. The minimum absolute atomic E-state index is 0.387. The second-order valence-electron chi connectivity index (χ2n) is 5.77. The highest BCUT2D eigenvalue weighted by molar-refractivity contribution is 7.05. The summed E-state index contributed by atoms with van der Waals surface area (Å²) in [5.74, 6) is 0. The SMILES string of the molecule is CCCc1nnsc1C(CCC(C)(C)C)NC. The molecule has 0 radical (unpaired) electrons. The summed E-state index contributed by atoms with van der Waals surface area (Å²) in [5.41, 5.74) is 1.57. The van der Waals surface area contributed by atoms with Gasteiger partial charge in [-0.05, 0) is 43.3 Å². The zero-order chi connectivity index (χ0) is 12.9. The molecule has 1 heterocycles. The summed E-state index contributed by atoms with van der Waals surface area (Å²) in [6.07, 6.45) is 4.54. The Morgan fingerprint density at radius 2 is 2.06 bits per heavy atom. The van der Waals surface area contributed by atoms with Gasteiger partial charge in [-0.3, -0.25) is 0 Å². The second kappa shape index (κ2) is 6.45. The first-order valence-corrected chi connectivity index (χ1v) is 7.23. The Hall–Kier alpha value is -0.480. The van der Waals surface area contributed by atoms with E-state index in [4.69, 9.17) is 0 Å². The van der Waals surface area contributed by atoms with E-state index in [0.29, 0.717) is 11.5 Å². The van der Waals surface area contributed by atoms with Crippen LogP contribution in [0.4, 0.5) is 0 Å². The Bertz CT molecular complexity index is 328. The van der Waals surface area contributed by atoms with Gasteiger partial charge in [0.25, 0.3) is 0 Å². The molecule has 0 aliphatic rings. The van der Waals surface area contributed by atoms with Gasteiger partial charge in [0.2, 0.25) is 0 Å². The quantitative estimate of drug-likeness (QED) is 0.844. The number of aryl methyl sites for hydroxylation is 1. The molecule has 1 aromatic heterocycles. The van der Waals surface area contributed by atoms with Crippen LogP contribution < -0.4 is 5.32 Å². The fraction of sp³-hybridized carbons (Fsp3) is 0.846. The Kier molecular flexibility index (Phi) is 5.53. The molecule has 98 valence electrons. The van der Waals surface area contributed by atoms with Crippen molar-refractivity contribution in [1.82, 2.24) is 14.9 Å². The van der Waals surface area contributed by atoms with Gasteiger partial charge in [-0.1, -0.05) is 38.6 Å². The highest BCUT2D eigenvalue weighted by atomic mass is 32.1. The van der Waals surface area contributed by atoms with Crippen LogP contribution in [0.5, 0.6) is 0 Å². The molecule has 1 aromatic rings. The minimum Gasteiger partial charge on any atom is -0.312 e. The molecule has 0 aliphatic carbocycles. The summed E-state index contributed by atoms with van der Waals surface area (Å²) in [6, 6.07) is 0.413. The summed E-state index contributed by atoms with van der Waals surface area (Å²) in [7, 11) is 2.03. The lowest BCUT2D eigenvalue weighted by Crippen LogP contribution is -2.19. The van der Waals surface area contributed by atoms with E-state index < -0.39 is 0 Å². The number of nitrogens with one attached hydrogen (secondary N) is 1. The fourth-order valence-corrected chi connectivity index (χ4v) is 2.71. The summed E-state index contributed by atoms with van der Waals surface area (Å²) in [6.45, 7) is 9.06. The molecular weight excluding hydrogens is 230 g/mol. The van der Waals surface area contributed by atoms with Gasteiger partial charge in [0.15, 0.2) is 0 Å². The molecule has 0 aromatic carbocycles. The molecule has 0 amide bonds. The van der Waals surface area contributed by atoms with Crippen molar-refractivity contribution in [3.8, 4) is 0 Å². The Morgan fingerprint density at radius 3 is 2.59 bits per heavy atom. The molecule has 1 atom stereocenters. The average Bonchev–Trinajstić information content (AvgIpc) is 2.66. The fourth-order valence-electron chi connectivity index (χ4n) is 1.87. The number of hydrogen-bond acceptors (Lipinski definition) is 4. The van der Waals surface area contributed by atoms with Gasteiger partial charge in [-0.15, -0.1) is 5.10 Å². The molecule has 1 N–H and O–H groups in total. The maximum atomic E-state index is 4.25. The predicted molar refractivity (Wildman–Crippen MR) is 74.4 cm³/mol. The zero-order valence-corrected chi connectivity index (χ0v) is 12.5. The number of nitrogens with zero attached hydrogens (tertiary/aromatic N) is 2. The van der Waals surface area contributed by atoms with Crippen molar-refractivity contribution in [2.45, 2.75) is 59.4 Å². The van der Waals surface area contributed by atoms with Crippen molar-refractivity contribution in [1.29, 1.82) is 0 Å². The van der Waals surface area contributed by atoms with Crippen LogP contribution in [-0.4, -0.2) is 16.6 Å². The average molecular weight is 255 g/mol. The standard InChI is InChI=1S/C13H25N3S/c1-6-7-11-12(17-16-15-11)10(14-5)8-9-13(2,3)4/h10,14H,6-9H2,1-5H3. The van der Waals surface area contributed by atoms with E-state index in [1.54, 1.807) is 11.5 Å². The van der Waals surface area contributed by atoms with Crippen LogP contribution in [0, 0.1) is 5.41 Å². The number of rotatable bonds is 6. The number of hydrogen-bond donors (Lipinski definition) is 1. The van der Waals surface area contributed by atoms with Gasteiger partial charge < -0.3 is 5.32 Å². The molecule has 0 bridgehead atoms. The van der Waals surface area contributed by atoms with Crippen LogP contribution >= 0.6 is 11.5 Å². The molecule has 4 heteroatoms. The normalized spacial score (nSPS) is 13.9. The maximum absolute atomic E-state index is 4.25. The molecular formula is C13H25N3S. The highest BCUT2D eigenvalue weighted by Crippen LogP contribution is 2.30. The van der Waals surface area contributed by atoms with Crippen molar-refractivity contribution in [3.05, 3.63) is 10.6 Å². The van der Waals surface area contributed by atoms with Crippen molar-refractivity contribution in [3.63, 3.8) is 0 Å². The van der Waals surface area contributed by atoms with Crippen LogP contribution in [0.1, 0.15) is 63.6 Å². The third kappa shape index (κ3) is 4.72. The first kappa shape index (κ1) is 14.6. The molecule has 17 heavy (non-hydrogen) atoms. The van der Waals surface area contributed by atoms with E-state index in [1.165, 1.54) is 17.0 Å². The third-order valence-electron chi connectivity index (χ3n) is 2.92. The molecule has 0 fully saturated rings. The predicted octanol–water partition coefficient (Wildman–Crippen LogP) is 3.58. The number of aromatic nitrogens is 2. The lowest BCUT2D eigenvalue weighted by atomic mass is 9.88. The molecule has 0 saturated heterocycles. The Balaban J connectivity index is 2.69. The summed E-state index contributed by atoms with van der Waals surface area (Å²) >= 11 is 1.55. The van der Waals surface area contributed by atoms with E-state index in [0.717, 1.165) is 19.3 Å². The van der Waals surface area contributed by atoms with Crippen LogP contribution in [0.25, 0.3) is 0 Å². The van der Waals surface area contributed by atoms with E-state index >= 15 is 0 Å². The van der Waals surface area contributed by atoms with Crippen molar-refractivity contribution >= 4 is 11.5 Å². The lowest BCUT2D eigenvalue weighted by molar-refractivity contribution is 0.338. The summed E-state index contributed by atoms with van der Waals surface area (Å²) in [5, 5.41) is 7.65. The van der Waals surface area contributed by atoms with Crippen LogP contribution in [0.3, 0.4) is 0 Å². The Morgan fingerprint density at radius 1 is 1.35 bits per heavy atom. The van der Waals surface area contributed by atoms with Gasteiger partial charge in [0.05, 0.1) is 10.6 Å². The minimum atomic E-state index is 0.387.